The van der Waals surface area contributed by atoms with E-state index in [-0.39, 0.29) is 12.3 Å². The number of benzene rings is 2. The van der Waals surface area contributed by atoms with Crippen LogP contribution in [0.3, 0.4) is 0 Å². The monoisotopic (exact) mass is 316 g/mol. The molecular formula is C16H16N2O5. The summed E-state index contributed by atoms with van der Waals surface area (Å²) < 4.78 is 10.9. The van der Waals surface area contributed by atoms with Gasteiger partial charge in [0.05, 0.1) is 11.0 Å². The number of aliphatic hydroxyl groups excluding tert-OH is 1. The summed E-state index contributed by atoms with van der Waals surface area (Å²) >= 11 is 0. The molecule has 2 aromatic rings. The van der Waals surface area contributed by atoms with Gasteiger partial charge < -0.3 is 19.9 Å². The van der Waals surface area contributed by atoms with Crippen molar-refractivity contribution in [2.75, 3.05) is 25.1 Å². The molecule has 2 N–H and O–H groups in total. The SMILES string of the molecule is O=[N+]([O-])c1cc2c(cc1Nc1ccc(CCO)cc1)OCCO2. The van der Waals surface area contributed by atoms with Gasteiger partial charge in [-0.25, -0.2) is 0 Å². The van der Waals surface area contributed by atoms with Crippen LogP contribution in [-0.4, -0.2) is 29.9 Å². The Labute approximate surface area is 132 Å². The van der Waals surface area contributed by atoms with Gasteiger partial charge in [-0.3, -0.25) is 10.1 Å². The Bertz CT molecular complexity index is 715. The zero-order valence-corrected chi connectivity index (χ0v) is 12.3. The highest BCUT2D eigenvalue weighted by molar-refractivity contribution is 5.74. The van der Waals surface area contributed by atoms with E-state index in [4.69, 9.17) is 14.6 Å². The molecule has 120 valence electrons. The van der Waals surface area contributed by atoms with E-state index in [9.17, 15) is 10.1 Å². The lowest BCUT2D eigenvalue weighted by Crippen LogP contribution is -2.15. The maximum absolute atomic E-state index is 11.3. The second-order valence-electron chi connectivity index (χ2n) is 5.07. The van der Waals surface area contributed by atoms with E-state index in [1.807, 2.05) is 24.3 Å². The average Bonchev–Trinajstić information content (AvgIpc) is 2.56. The molecule has 0 spiro atoms. The van der Waals surface area contributed by atoms with Crippen LogP contribution in [0.25, 0.3) is 0 Å². The van der Waals surface area contributed by atoms with Crippen LogP contribution in [0.5, 0.6) is 11.5 Å². The minimum absolute atomic E-state index is 0.0753. The van der Waals surface area contributed by atoms with E-state index >= 15 is 0 Å². The van der Waals surface area contributed by atoms with Crippen molar-refractivity contribution in [1.29, 1.82) is 0 Å². The van der Waals surface area contributed by atoms with Gasteiger partial charge in [0, 0.05) is 18.4 Å². The number of hydrogen-bond acceptors (Lipinski definition) is 6. The number of anilines is 2. The summed E-state index contributed by atoms with van der Waals surface area (Å²) in [4.78, 5) is 10.8. The van der Waals surface area contributed by atoms with Crippen molar-refractivity contribution >= 4 is 17.1 Å². The number of nitro groups is 1. The second-order valence-corrected chi connectivity index (χ2v) is 5.07. The molecule has 1 heterocycles. The number of nitro benzene ring substituents is 1. The summed E-state index contributed by atoms with van der Waals surface area (Å²) in [6, 6.07) is 10.3. The van der Waals surface area contributed by atoms with E-state index in [0.717, 1.165) is 5.56 Å². The Morgan fingerprint density at radius 2 is 1.78 bits per heavy atom. The Hall–Kier alpha value is -2.80. The summed E-state index contributed by atoms with van der Waals surface area (Å²) in [5.41, 5.74) is 1.98. The zero-order valence-electron chi connectivity index (χ0n) is 12.3. The third-order valence-corrected chi connectivity index (χ3v) is 3.49. The van der Waals surface area contributed by atoms with Crippen molar-refractivity contribution in [2.45, 2.75) is 6.42 Å². The maximum Gasteiger partial charge on any atom is 0.296 e. The summed E-state index contributed by atoms with van der Waals surface area (Å²) in [5.74, 6) is 0.869. The maximum atomic E-state index is 11.3. The zero-order chi connectivity index (χ0) is 16.2. The summed E-state index contributed by atoms with van der Waals surface area (Å²) in [6.07, 6.45) is 0.574. The van der Waals surface area contributed by atoms with Gasteiger partial charge in [-0.15, -0.1) is 0 Å². The van der Waals surface area contributed by atoms with Gasteiger partial charge in [-0.2, -0.15) is 0 Å². The second kappa shape index (κ2) is 6.53. The van der Waals surface area contributed by atoms with Gasteiger partial charge in [-0.05, 0) is 24.1 Å². The number of nitrogens with zero attached hydrogens (tertiary/aromatic N) is 1. The standard InChI is InChI=1S/C16H16N2O5/c19-6-5-11-1-3-12(4-2-11)17-13-9-15-16(23-8-7-22-15)10-14(13)18(20)21/h1-4,9-10,17,19H,5-8H2. The predicted molar refractivity (Wildman–Crippen MR) is 84.6 cm³/mol. The van der Waals surface area contributed by atoms with Gasteiger partial charge >= 0.3 is 0 Å². The molecule has 0 unspecified atom stereocenters. The first-order valence-corrected chi connectivity index (χ1v) is 7.22. The molecule has 23 heavy (non-hydrogen) atoms. The van der Waals surface area contributed by atoms with E-state index in [2.05, 4.69) is 5.32 Å². The molecule has 0 amide bonds. The number of rotatable bonds is 5. The molecule has 0 aliphatic carbocycles. The Balaban J connectivity index is 1.90. The molecule has 3 rings (SSSR count). The van der Waals surface area contributed by atoms with Gasteiger partial charge in [-0.1, -0.05) is 12.1 Å². The van der Waals surface area contributed by atoms with Gasteiger partial charge in [0.2, 0.25) is 0 Å². The molecule has 0 bridgehead atoms. The lowest BCUT2D eigenvalue weighted by molar-refractivity contribution is -0.384. The number of aliphatic hydroxyl groups is 1. The van der Waals surface area contributed by atoms with E-state index in [0.29, 0.717) is 42.5 Å². The highest BCUT2D eigenvalue weighted by Crippen LogP contribution is 2.40. The summed E-state index contributed by atoms with van der Waals surface area (Å²) in [5, 5.41) is 23.2. The predicted octanol–water partition coefficient (Wildman–Crippen LogP) is 2.64. The van der Waals surface area contributed by atoms with Crippen molar-refractivity contribution in [3.8, 4) is 11.5 Å². The Morgan fingerprint density at radius 1 is 1.13 bits per heavy atom. The third kappa shape index (κ3) is 3.35. The molecular weight excluding hydrogens is 300 g/mol. The molecule has 7 nitrogen and oxygen atoms in total. The number of hydrogen-bond donors (Lipinski definition) is 2. The third-order valence-electron chi connectivity index (χ3n) is 3.49. The van der Waals surface area contributed by atoms with Crippen molar-refractivity contribution in [1.82, 2.24) is 0 Å². The van der Waals surface area contributed by atoms with E-state index in [1.54, 1.807) is 6.07 Å². The molecule has 0 fully saturated rings. The van der Waals surface area contributed by atoms with Crippen molar-refractivity contribution in [3.05, 3.63) is 52.1 Å². The fourth-order valence-corrected chi connectivity index (χ4v) is 2.37. The van der Waals surface area contributed by atoms with Crippen LogP contribution in [0.15, 0.2) is 36.4 Å². The van der Waals surface area contributed by atoms with Crippen LogP contribution in [0.1, 0.15) is 5.56 Å². The Morgan fingerprint density at radius 3 is 2.39 bits per heavy atom. The van der Waals surface area contributed by atoms with Crippen LogP contribution < -0.4 is 14.8 Å². The highest BCUT2D eigenvalue weighted by atomic mass is 16.6. The smallest absolute Gasteiger partial charge is 0.296 e. The summed E-state index contributed by atoms with van der Waals surface area (Å²) in [7, 11) is 0. The lowest BCUT2D eigenvalue weighted by atomic mass is 10.1. The number of nitrogens with one attached hydrogen (secondary N) is 1. The minimum atomic E-state index is -0.458. The van der Waals surface area contributed by atoms with Crippen molar-refractivity contribution < 1.29 is 19.5 Å². The normalized spacial score (nSPS) is 12.7. The lowest BCUT2D eigenvalue weighted by Gasteiger charge is -2.19. The average molecular weight is 316 g/mol. The molecule has 0 aromatic heterocycles. The topological polar surface area (TPSA) is 93.9 Å². The fraction of sp³-hybridized carbons (Fsp3) is 0.250. The molecule has 0 atom stereocenters. The minimum Gasteiger partial charge on any atom is -0.486 e. The molecule has 0 saturated heterocycles. The first-order chi connectivity index (χ1) is 11.2. The van der Waals surface area contributed by atoms with Gasteiger partial charge in [0.25, 0.3) is 5.69 Å². The molecule has 0 saturated carbocycles. The van der Waals surface area contributed by atoms with Gasteiger partial charge in [0.15, 0.2) is 11.5 Å². The number of ether oxygens (including phenoxy) is 2. The van der Waals surface area contributed by atoms with Crippen molar-refractivity contribution in [3.63, 3.8) is 0 Å². The number of fused-ring (bicyclic) bond motifs is 1. The first kappa shape index (κ1) is 15.1. The van der Waals surface area contributed by atoms with Crippen LogP contribution >= 0.6 is 0 Å². The van der Waals surface area contributed by atoms with Gasteiger partial charge in [0.1, 0.15) is 18.9 Å². The van der Waals surface area contributed by atoms with Crippen LogP contribution in [0.2, 0.25) is 0 Å². The van der Waals surface area contributed by atoms with E-state index < -0.39 is 4.92 Å². The molecule has 2 aromatic carbocycles. The molecule has 0 radical (unpaired) electrons. The van der Waals surface area contributed by atoms with Crippen LogP contribution in [-0.2, 0) is 6.42 Å². The van der Waals surface area contributed by atoms with Crippen LogP contribution in [0.4, 0.5) is 17.1 Å². The fourth-order valence-electron chi connectivity index (χ4n) is 2.37. The van der Waals surface area contributed by atoms with Crippen molar-refractivity contribution in [2.24, 2.45) is 0 Å². The Kier molecular flexibility index (Phi) is 4.29. The molecule has 1 aliphatic heterocycles. The van der Waals surface area contributed by atoms with E-state index in [1.165, 1.54) is 6.07 Å². The largest absolute Gasteiger partial charge is 0.486 e. The first-order valence-electron chi connectivity index (χ1n) is 7.22. The molecule has 7 heteroatoms. The highest BCUT2D eigenvalue weighted by Gasteiger charge is 2.22. The summed E-state index contributed by atoms with van der Waals surface area (Å²) in [6.45, 7) is 0.879. The molecule has 1 aliphatic rings. The quantitative estimate of drug-likeness (QED) is 0.650. The van der Waals surface area contributed by atoms with Crippen LogP contribution in [0, 0.1) is 10.1 Å².